The quantitative estimate of drug-likeness (QED) is 0.328. The van der Waals surface area contributed by atoms with E-state index in [1.54, 1.807) is 0 Å². The van der Waals surface area contributed by atoms with Gasteiger partial charge < -0.3 is 0 Å². The molecule has 2 aliphatic heterocycles. The summed E-state index contributed by atoms with van der Waals surface area (Å²) in [6.45, 7) is 0. The molecular weight excluding hydrogens is 439 g/mol. The summed E-state index contributed by atoms with van der Waals surface area (Å²) in [6.07, 6.45) is 0. The van der Waals surface area contributed by atoms with E-state index in [0.29, 0.717) is 0 Å². The topological polar surface area (TPSA) is 18.5 Å². The molecule has 2 nitrogen and oxygen atoms in total. The third-order valence-corrected chi connectivity index (χ3v) is 19.5. The van der Waals surface area contributed by atoms with Crippen molar-refractivity contribution >= 4 is 32.7 Å². The average molecular weight is 455 g/mol. The number of hydrogen-bond acceptors (Lipinski definition) is 2. The number of benzene rings is 4. The second-order valence-corrected chi connectivity index (χ2v) is 17.4. The summed E-state index contributed by atoms with van der Waals surface area (Å²) in [7, 11) is 0. The van der Waals surface area contributed by atoms with Crippen LogP contribution < -0.4 is 23.8 Å². The maximum atomic E-state index is 6.35. The number of ether oxygens (including phenoxy) is 2. The molecule has 2 heterocycles. The van der Waals surface area contributed by atoms with Gasteiger partial charge in [0.2, 0.25) is 0 Å². The molecule has 0 saturated carbocycles. The molecule has 0 amide bonds. The number of para-hydroxylation sites is 4. The number of rotatable bonds is 0. The Morgan fingerprint density at radius 1 is 0.370 bits per heavy atom. The van der Waals surface area contributed by atoms with Gasteiger partial charge in [-0.2, -0.15) is 0 Å². The van der Waals surface area contributed by atoms with Crippen molar-refractivity contribution in [1.29, 1.82) is 0 Å². The van der Waals surface area contributed by atoms with Crippen molar-refractivity contribution in [3.05, 3.63) is 97.1 Å². The van der Waals surface area contributed by atoms with Gasteiger partial charge in [0.05, 0.1) is 0 Å². The molecule has 4 aromatic carbocycles. The molecule has 0 atom stereocenters. The van der Waals surface area contributed by atoms with Crippen molar-refractivity contribution < 1.29 is 9.47 Å². The van der Waals surface area contributed by atoms with Crippen molar-refractivity contribution in [3.8, 4) is 23.0 Å². The van der Waals surface area contributed by atoms with Gasteiger partial charge in [-0.15, -0.1) is 0 Å². The molecule has 6 rings (SSSR count). The Bertz CT molecular complexity index is 1010. The third-order valence-electron chi connectivity index (χ3n) is 5.60. The Morgan fingerprint density at radius 3 is 0.926 bits per heavy atom. The van der Waals surface area contributed by atoms with Crippen LogP contribution in [-0.4, -0.2) is 18.4 Å². The van der Waals surface area contributed by atoms with E-state index >= 15 is 0 Å². The van der Waals surface area contributed by atoms with Crippen molar-refractivity contribution in [2.45, 2.75) is 0 Å². The standard InChI is InChI=1S/2C12H8O.Sn/c2*1-3-7-11(8-4-1)13-12-9-5-2-6-10-12;/h2*1-7,9H;. The zero-order chi connectivity index (χ0) is 17.8. The Hall–Kier alpha value is -2.72. The van der Waals surface area contributed by atoms with Gasteiger partial charge in [0.1, 0.15) is 0 Å². The van der Waals surface area contributed by atoms with Crippen LogP contribution >= 0.6 is 0 Å². The zero-order valence-electron chi connectivity index (χ0n) is 14.6. The number of hydrogen-bond donors (Lipinski definition) is 0. The second kappa shape index (κ2) is 5.64. The van der Waals surface area contributed by atoms with Gasteiger partial charge in [0.25, 0.3) is 0 Å². The first-order chi connectivity index (χ1) is 13.4. The van der Waals surface area contributed by atoms with Crippen LogP contribution in [0.1, 0.15) is 0 Å². The van der Waals surface area contributed by atoms with Gasteiger partial charge in [0, 0.05) is 0 Å². The van der Waals surface area contributed by atoms with Crippen LogP contribution in [0.5, 0.6) is 23.0 Å². The van der Waals surface area contributed by atoms with Crippen LogP contribution in [0.15, 0.2) is 97.1 Å². The Balaban J connectivity index is 1.85. The van der Waals surface area contributed by atoms with Gasteiger partial charge >= 0.3 is 162 Å². The molecule has 0 saturated heterocycles. The van der Waals surface area contributed by atoms with E-state index in [0.717, 1.165) is 23.0 Å². The molecule has 0 aliphatic carbocycles. The molecule has 0 fully saturated rings. The molecule has 27 heavy (non-hydrogen) atoms. The summed E-state index contributed by atoms with van der Waals surface area (Å²) in [5.74, 6) is 3.94. The van der Waals surface area contributed by atoms with E-state index in [2.05, 4.69) is 97.1 Å². The minimum absolute atomic E-state index is 0.985. The van der Waals surface area contributed by atoms with E-state index in [1.165, 1.54) is 14.3 Å². The SMILES string of the molecule is c1cc[c]2c(c1)Oc1cccc[c]1[Sn]21[c]2ccccc2Oc2cccc[c]21. The van der Waals surface area contributed by atoms with Crippen LogP contribution in [0.25, 0.3) is 0 Å². The van der Waals surface area contributed by atoms with E-state index in [4.69, 9.17) is 9.47 Å². The van der Waals surface area contributed by atoms with Crippen LogP contribution in [-0.2, 0) is 0 Å². The van der Waals surface area contributed by atoms with Crippen LogP contribution in [0.2, 0.25) is 0 Å². The van der Waals surface area contributed by atoms with Gasteiger partial charge in [-0.3, -0.25) is 0 Å². The van der Waals surface area contributed by atoms with E-state index < -0.39 is 18.4 Å². The van der Waals surface area contributed by atoms with Crippen molar-refractivity contribution in [2.24, 2.45) is 0 Å². The van der Waals surface area contributed by atoms with E-state index in [1.807, 2.05) is 0 Å². The average Bonchev–Trinajstić information content (AvgIpc) is 2.73. The van der Waals surface area contributed by atoms with E-state index in [9.17, 15) is 0 Å². The van der Waals surface area contributed by atoms with Gasteiger partial charge in [0.15, 0.2) is 0 Å². The normalized spacial score (nSPS) is 14.8. The van der Waals surface area contributed by atoms with Gasteiger partial charge in [-0.1, -0.05) is 0 Å². The van der Waals surface area contributed by atoms with Crippen LogP contribution in [0, 0.1) is 0 Å². The molecule has 4 aromatic rings. The molecule has 0 unspecified atom stereocenters. The van der Waals surface area contributed by atoms with Gasteiger partial charge in [-0.05, 0) is 0 Å². The van der Waals surface area contributed by atoms with Gasteiger partial charge in [-0.25, -0.2) is 0 Å². The summed E-state index contributed by atoms with van der Waals surface area (Å²) in [5.41, 5.74) is 0. The fourth-order valence-electron chi connectivity index (χ4n) is 4.57. The maximum absolute atomic E-state index is 6.35. The minimum atomic E-state index is -3.55. The predicted octanol–water partition coefficient (Wildman–Crippen LogP) is 3.28. The third kappa shape index (κ3) is 1.96. The molecule has 2 aliphatic rings. The first-order valence-electron chi connectivity index (χ1n) is 9.13. The molecule has 1 spiro atoms. The Kier molecular flexibility index (Phi) is 3.20. The molecule has 0 bridgehead atoms. The number of fused-ring (bicyclic) bond motifs is 8. The van der Waals surface area contributed by atoms with E-state index in [-0.39, 0.29) is 0 Å². The second-order valence-electron chi connectivity index (χ2n) is 6.94. The summed E-state index contributed by atoms with van der Waals surface area (Å²) in [5, 5.41) is 0. The predicted molar refractivity (Wildman–Crippen MR) is 110 cm³/mol. The van der Waals surface area contributed by atoms with Crippen LogP contribution in [0.4, 0.5) is 0 Å². The molecule has 0 radical (unpaired) electrons. The van der Waals surface area contributed by atoms with Crippen LogP contribution in [0.3, 0.4) is 0 Å². The first kappa shape index (κ1) is 15.3. The Morgan fingerprint density at radius 2 is 0.630 bits per heavy atom. The molecule has 0 N–H and O–H groups in total. The molecule has 3 heteroatoms. The summed E-state index contributed by atoms with van der Waals surface area (Å²) < 4.78 is 18.1. The van der Waals surface area contributed by atoms with Crippen molar-refractivity contribution in [1.82, 2.24) is 0 Å². The summed E-state index contributed by atoms with van der Waals surface area (Å²) in [4.78, 5) is 0. The zero-order valence-corrected chi connectivity index (χ0v) is 17.4. The summed E-state index contributed by atoms with van der Waals surface area (Å²) >= 11 is -3.55. The molecule has 0 aromatic heterocycles. The fraction of sp³-hybridized carbons (Fsp3) is 0. The molecule has 128 valence electrons. The first-order valence-corrected chi connectivity index (χ1v) is 14.8. The summed E-state index contributed by atoms with van der Waals surface area (Å²) in [6, 6.07) is 34.2. The molecular formula is C24H16O2Sn. The monoisotopic (exact) mass is 456 g/mol. The Labute approximate surface area is 161 Å². The van der Waals surface area contributed by atoms with Crippen molar-refractivity contribution in [2.75, 3.05) is 0 Å². The fourth-order valence-corrected chi connectivity index (χ4v) is 19.2. The van der Waals surface area contributed by atoms with Crippen molar-refractivity contribution in [3.63, 3.8) is 0 Å².